The molecule has 24 heavy (non-hydrogen) atoms. The zero-order valence-electron chi connectivity index (χ0n) is 12.6. The van der Waals surface area contributed by atoms with Crippen molar-refractivity contribution in [3.63, 3.8) is 0 Å². The topological polar surface area (TPSA) is 87.7 Å². The molecule has 0 aliphatic rings. The molecule has 3 aromatic rings. The Bertz CT molecular complexity index is 909. The van der Waals surface area contributed by atoms with Gasteiger partial charge in [0.25, 0.3) is 16.0 Å². The second kappa shape index (κ2) is 7.14. The predicted octanol–water partition coefficient (Wildman–Crippen LogP) is 3.15. The van der Waals surface area contributed by atoms with Gasteiger partial charge in [-0.3, -0.25) is 5.10 Å². The van der Waals surface area contributed by atoms with Crippen molar-refractivity contribution < 1.29 is 8.42 Å². The quantitative estimate of drug-likeness (QED) is 0.657. The van der Waals surface area contributed by atoms with E-state index in [2.05, 4.69) is 35.8 Å². The van der Waals surface area contributed by atoms with Crippen LogP contribution in [0, 0.1) is 0 Å². The molecule has 1 heterocycles. The van der Waals surface area contributed by atoms with Gasteiger partial charge in [-0.2, -0.15) is 4.98 Å². The lowest BCUT2D eigenvalue weighted by atomic mass is 10.1. The number of aromatic nitrogens is 3. The van der Waals surface area contributed by atoms with Gasteiger partial charge in [-0.05, 0) is 36.2 Å². The molecule has 8 heteroatoms. The summed E-state index contributed by atoms with van der Waals surface area (Å²) in [5.74, 6) is 0.674. The van der Waals surface area contributed by atoms with Gasteiger partial charge in [0.2, 0.25) is 0 Å². The summed E-state index contributed by atoms with van der Waals surface area (Å²) >= 11 is 3.27. The molecule has 6 nitrogen and oxygen atoms in total. The molecule has 0 fully saturated rings. The van der Waals surface area contributed by atoms with E-state index in [-0.39, 0.29) is 10.8 Å². The molecule has 0 spiro atoms. The van der Waals surface area contributed by atoms with E-state index in [1.54, 1.807) is 12.1 Å². The number of hydrogen-bond acceptors (Lipinski definition) is 4. The van der Waals surface area contributed by atoms with Crippen molar-refractivity contribution in [2.75, 3.05) is 4.72 Å². The molecule has 0 atom stereocenters. The van der Waals surface area contributed by atoms with Crippen LogP contribution in [0.2, 0.25) is 0 Å². The number of nitrogens with one attached hydrogen (secondary N) is 2. The molecule has 2 N–H and O–H groups in total. The minimum absolute atomic E-state index is 0.0426. The Morgan fingerprint density at radius 3 is 2.42 bits per heavy atom. The van der Waals surface area contributed by atoms with Crippen molar-refractivity contribution >= 4 is 31.9 Å². The Balaban J connectivity index is 1.66. The van der Waals surface area contributed by atoms with E-state index in [1.165, 1.54) is 17.7 Å². The normalized spacial score (nSPS) is 11.4. The second-order valence-electron chi connectivity index (χ2n) is 5.15. The van der Waals surface area contributed by atoms with Gasteiger partial charge in [0, 0.05) is 10.9 Å². The summed E-state index contributed by atoms with van der Waals surface area (Å²) in [5.41, 5.74) is 1.19. The Morgan fingerprint density at radius 2 is 1.71 bits per heavy atom. The third kappa shape index (κ3) is 4.21. The molecule has 0 unspecified atom stereocenters. The first-order chi connectivity index (χ1) is 11.5. The van der Waals surface area contributed by atoms with Crippen LogP contribution in [-0.2, 0) is 22.9 Å². The van der Waals surface area contributed by atoms with Crippen molar-refractivity contribution in [3.05, 3.63) is 70.5 Å². The van der Waals surface area contributed by atoms with E-state index in [1.807, 2.05) is 30.3 Å². The van der Waals surface area contributed by atoms with Crippen LogP contribution in [0.3, 0.4) is 0 Å². The number of hydrogen-bond donors (Lipinski definition) is 2. The number of aromatic amines is 1. The predicted molar refractivity (Wildman–Crippen MR) is 95.2 cm³/mol. The molecule has 124 valence electrons. The monoisotopic (exact) mass is 406 g/mol. The SMILES string of the molecule is O=S(=O)(Nc1n[nH]c(CCc2ccccc2)n1)c1ccc(Br)cc1. The number of anilines is 1. The highest BCUT2D eigenvalue weighted by Crippen LogP contribution is 2.17. The summed E-state index contributed by atoms with van der Waals surface area (Å²) in [6, 6.07) is 16.3. The van der Waals surface area contributed by atoms with Crippen LogP contribution in [0.4, 0.5) is 5.95 Å². The average molecular weight is 407 g/mol. The fourth-order valence-electron chi connectivity index (χ4n) is 2.15. The Kier molecular flexibility index (Phi) is 4.96. The molecule has 0 radical (unpaired) electrons. The van der Waals surface area contributed by atoms with Crippen LogP contribution in [0.15, 0.2) is 64.0 Å². The molecule has 0 aliphatic carbocycles. The zero-order chi connectivity index (χ0) is 17.0. The number of aryl methyl sites for hydroxylation is 2. The standard InChI is InChI=1S/C16H15BrN4O2S/c17-13-7-9-14(10-8-13)24(22,23)21-16-18-15(19-20-16)11-6-12-4-2-1-3-5-12/h1-5,7-10H,6,11H2,(H2,18,19,20,21). The maximum absolute atomic E-state index is 12.3. The highest BCUT2D eigenvalue weighted by Gasteiger charge is 2.16. The van der Waals surface area contributed by atoms with E-state index >= 15 is 0 Å². The van der Waals surface area contributed by atoms with Crippen molar-refractivity contribution in [1.29, 1.82) is 0 Å². The van der Waals surface area contributed by atoms with Crippen molar-refractivity contribution in [2.24, 2.45) is 0 Å². The first kappa shape index (κ1) is 16.7. The summed E-state index contributed by atoms with van der Waals surface area (Å²) in [7, 11) is -3.70. The maximum Gasteiger partial charge on any atom is 0.264 e. The van der Waals surface area contributed by atoms with Crippen LogP contribution >= 0.6 is 15.9 Å². The molecule has 2 aromatic carbocycles. The zero-order valence-corrected chi connectivity index (χ0v) is 15.0. The van der Waals surface area contributed by atoms with E-state index in [4.69, 9.17) is 0 Å². The third-order valence-corrected chi connectivity index (χ3v) is 5.25. The molecular weight excluding hydrogens is 392 g/mol. The first-order valence-electron chi connectivity index (χ1n) is 7.26. The highest BCUT2D eigenvalue weighted by molar-refractivity contribution is 9.10. The molecule has 3 rings (SSSR count). The van der Waals surface area contributed by atoms with E-state index in [0.717, 1.165) is 10.9 Å². The number of sulfonamides is 1. The number of rotatable bonds is 6. The molecular formula is C16H15BrN4O2S. The molecule has 0 aliphatic heterocycles. The summed E-state index contributed by atoms with van der Waals surface area (Å²) < 4.78 is 27.7. The van der Waals surface area contributed by atoms with Crippen LogP contribution in [0.1, 0.15) is 11.4 Å². The van der Waals surface area contributed by atoms with Gasteiger partial charge in [-0.1, -0.05) is 46.3 Å². The van der Waals surface area contributed by atoms with Gasteiger partial charge in [0.15, 0.2) is 0 Å². The van der Waals surface area contributed by atoms with Gasteiger partial charge in [0.1, 0.15) is 5.82 Å². The smallest absolute Gasteiger partial charge is 0.261 e. The molecule has 0 saturated heterocycles. The van der Waals surface area contributed by atoms with Crippen LogP contribution < -0.4 is 4.72 Å². The largest absolute Gasteiger partial charge is 0.264 e. The molecule has 0 amide bonds. The van der Waals surface area contributed by atoms with Crippen LogP contribution in [0.25, 0.3) is 0 Å². The maximum atomic E-state index is 12.3. The van der Waals surface area contributed by atoms with E-state index in [9.17, 15) is 8.42 Å². The van der Waals surface area contributed by atoms with E-state index in [0.29, 0.717) is 12.2 Å². The van der Waals surface area contributed by atoms with Crippen LogP contribution in [0.5, 0.6) is 0 Å². The number of benzene rings is 2. The first-order valence-corrected chi connectivity index (χ1v) is 9.54. The van der Waals surface area contributed by atoms with Crippen molar-refractivity contribution in [3.8, 4) is 0 Å². The summed E-state index contributed by atoms with van der Waals surface area (Å²) in [6.07, 6.45) is 1.45. The summed E-state index contributed by atoms with van der Waals surface area (Å²) in [5, 5.41) is 6.68. The van der Waals surface area contributed by atoms with Gasteiger partial charge >= 0.3 is 0 Å². The fraction of sp³-hybridized carbons (Fsp3) is 0.125. The Morgan fingerprint density at radius 1 is 1.00 bits per heavy atom. The lowest BCUT2D eigenvalue weighted by Gasteiger charge is -2.04. The minimum atomic E-state index is -3.70. The van der Waals surface area contributed by atoms with Crippen molar-refractivity contribution in [2.45, 2.75) is 17.7 Å². The highest BCUT2D eigenvalue weighted by atomic mass is 79.9. The third-order valence-electron chi connectivity index (χ3n) is 3.37. The molecule has 1 aromatic heterocycles. The lowest BCUT2D eigenvalue weighted by Crippen LogP contribution is -2.13. The lowest BCUT2D eigenvalue weighted by molar-refractivity contribution is 0.601. The van der Waals surface area contributed by atoms with Crippen LogP contribution in [-0.4, -0.2) is 23.6 Å². The van der Waals surface area contributed by atoms with E-state index < -0.39 is 10.0 Å². The fourth-order valence-corrected chi connectivity index (χ4v) is 3.36. The van der Waals surface area contributed by atoms with Gasteiger partial charge < -0.3 is 0 Å². The van der Waals surface area contributed by atoms with Gasteiger partial charge in [-0.25, -0.2) is 13.1 Å². The van der Waals surface area contributed by atoms with Gasteiger partial charge in [-0.15, -0.1) is 5.10 Å². The summed E-state index contributed by atoms with van der Waals surface area (Å²) in [4.78, 5) is 4.34. The van der Waals surface area contributed by atoms with Gasteiger partial charge in [0.05, 0.1) is 4.90 Å². The Labute approximate surface area is 148 Å². The summed E-state index contributed by atoms with van der Waals surface area (Å²) in [6.45, 7) is 0. The molecule has 0 bridgehead atoms. The molecule has 0 saturated carbocycles. The average Bonchev–Trinajstić information content (AvgIpc) is 3.01. The minimum Gasteiger partial charge on any atom is -0.261 e. The number of H-pyrrole nitrogens is 1. The van der Waals surface area contributed by atoms with Crippen molar-refractivity contribution in [1.82, 2.24) is 15.2 Å². The number of nitrogens with zero attached hydrogens (tertiary/aromatic N) is 2. The second-order valence-corrected chi connectivity index (χ2v) is 7.75. The Hall–Kier alpha value is -2.19. The number of halogens is 1.